The lowest BCUT2D eigenvalue weighted by molar-refractivity contribution is 0.389. The Hall–Kier alpha value is -3.98. The average Bonchev–Trinajstić information content (AvgIpc) is 2.97. The maximum absolute atomic E-state index is 7.22. The average molecular weight is 482 g/mol. The van der Waals surface area contributed by atoms with Crippen molar-refractivity contribution in [2.45, 2.75) is 24.8 Å². The molecule has 0 saturated heterocycles. The second-order valence-electron chi connectivity index (χ2n) is 9.99. The van der Waals surface area contributed by atoms with Gasteiger partial charge in [0.2, 0.25) is 0 Å². The number of rotatable bonds is 2. The van der Waals surface area contributed by atoms with Crippen LogP contribution in [0.4, 0.5) is 0 Å². The van der Waals surface area contributed by atoms with E-state index in [1.54, 1.807) is 0 Å². The van der Waals surface area contributed by atoms with Gasteiger partial charge in [0.1, 0.15) is 0 Å². The van der Waals surface area contributed by atoms with Gasteiger partial charge in [-0.3, -0.25) is 0 Å². The number of aryl methyl sites for hydroxylation is 1. The molecule has 0 radical (unpaired) electrons. The van der Waals surface area contributed by atoms with Crippen molar-refractivity contribution in [3.8, 4) is 11.1 Å². The highest BCUT2D eigenvalue weighted by Crippen LogP contribution is 2.43. The zero-order valence-corrected chi connectivity index (χ0v) is 21.1. The van der Waals surface area contributed by atoms with Crippen LogP contribution in [0.15, 0.2) is 115 Å². The number of hydrogen-bond acceptors (Lipinski definition) is 2. The van der Waals surface area contributed by atoms with Crippen LogP contribution in [0.3, 0.4) is 0 Å². The molecule has 2 nitrogen and oxygen atoms in total. The van der Waals surface area contributed by atoms with Crippen molar-refractivity contribution in [2.75, 3.05) is 7.11 Å². The standard InChI is InChI=1S/C34H27N.CH4O/c35-34(33-16-8-12-23-11-4-5-13-27(23)33)20-19-26-25(22-34)17-18-30-28-14-6-7-15-29(28)31(21-32(26)30)24-9-2-1-3-10-24;1-2/h1-18,21H,19-20,22,35H2;2H,1H3. The molecule has 6 aromatic carbocycles. The Morgan fingerprint density at radius 3 is 2.08 bits per heavy atom. The number of benzene rings is 6. The molecule has 6 aromatic rings. The van der Waals surface area contributed by atoms with Gasteiger partial charge in [-0.15, -0.1) is 0 Å². The van der Waals surface area contributed by atoms with E-state index in [2.05, 4.69) is 115 Å². The highest BCUT2D eigenvalue weighted by atomic mass is 16.2. The summed E-state index contributed by atoms with van der Waals surface area (Å²) in [6.45, 7) is 0. The first kappa shape index (κ1) is 23.4. The highest BCUT2D eigenvalue weighted by molar-refractivity contribution is 6.14. The second kappa shape index (κ2) is 9.48. The SMILES string of the molecule is CO.NC1(c2cccc3ccccc23)CCc2c(ccc3c2cc(-c2ccccc2)c2ccccc23)C1. The van der Waals surface area contributed by atoms with Crippen molar-refractivity contribution < 1.29 is 5.11 Å². The molecule has 0 saturated carbocycles. The summed E-state index contributed by atoms with van der Waals surface area (Å²) in [6, 6.07) is 41.9. The maximum Gasteiger partial charge on any atom is 0.0459 e. The monoisotopic (exact) mass is 481 g/mol. The molecule has 0 aromatic heterocycles. The maximum atomic E-state index is 7.22. The largest absolute Gasteiger partial charge is 0.400 e. The van der Waals surface area contributed by atoms with Gasteiger partial charge in [-0.25, -0.2) is 0 Å². The number of fused-ring (bicyclic) bond motifs is 6. The van der Waals surface area contributed by atoms with Crippen molar-refractivity contribution in [2.24, 2.45) is 5.73 Å². The van der Waals surface area contributed by atoms with Gasteiger partial charge in [0.05, 0.1) is 0 Å². The van der Waals surface area contributed by atoms with Crippen LogP contribution in [0, 0.1) is 0 Å². The van der Waals surface area contributed by atoms with Gasteiger partial charge < -0.3 is 10.8 Å². The Bertz CT molecular complexity index is 1730. The molecular formula is C35H31NO. The summed E-state index contributed by atoms with van der Waals surface area (Å²) in [6.07, 6.45) is 2.79. The van der Waals surface area contributed by atoms with E-state index in [9.17, 15) is 0 Å². The molecule has 1 aliphatic rings. The van der Waals surface area contributed by atoms with E-state index in [1.165, 1.54) is 60.1 Å². The molecule has 0 heterocycles. The third kappa shape index (κ3) is 3.90. The number of nitrogens with two attached hydrogens (primary N) is 1. The lowest BCUT2D eigenvalue weighted by Crippen LogP contribution is -2.42. The zero-order chi connectivity index (χ0) is 25.4. The molecule has 1 atom stereocenters. The van der Waals surface area contributed by atoms with Gasteiger partial charge in [-0.1, -0.05) is 109 Å². The van der Waals surface area contributed by atoms with Gasteiger partial charge in [-0.05, 0) is 85.5 Å². The molecule has 3 N–H and O–H groups in total. The molecule has 1 aliphatic carbocycles. The molecule has 0 bridgehead atoms. The van der Waals surface area contributed by atoms with Crippen LogP contribution in [-0.2, 0) is 18.4 Å². The quantitative estimate of drug-likeness (QED) is 0.248. The predicted molar refractivity (Wildman–Crippen MR) is 157 cm³/mol. The third-order valence-corrected chi connectivity index (χ3v) is 7.99. The smallest absolute Gasteiger partial charge is 0.0459 e. The van der Waals surface area contributed by atoms with Crippen molar-refractivity contribution in [1.29, 1.82) is 0 Å². The Kier molecular flexibility index (Phi) is 6.00. The van der Waals surface area contributed by atoms with E-state index >= 15 is 0 Å². The van der Waals surface area contributed by atoms with E-state index in [1.807, 2.05) is 0 Å². The topological polar surface area (TPSA) is 46.2 Å². The van der Waals surface area contributed by atoms with Crippen molar-refractivity contribution in [3.63, 3.8) is 0 Å². The van der Waals surface area contributed by atoms with Crippen molar-refractivity contribution >= 4 is 32.3 Å². The zero-order valence-electron chi connectivity index (χ0n) is 21.1. The minimum Gasteiger partial charge on any atom is -0.400 e. The fraction of sp³-hybridized carbons (Fsp3) is 0.143. The number of aliphatic hydroxyl groups is 1. The molecular weight excluding hydrogens is 450 g/mol. The van der Waals surface area contributed by atoms with E-state index in [4.69, 9.17) is 10.8 Å². The highest BCUT2D eigenvalue weighted by Gasteiger charge is 2.34. The van der Waals surface area contributed by atoms with Crippen LogP contribution >= 0.6 is 0 Å². The molecule has 7 rings (SSSR count). The molecule has 37 heavy (non-hydrogen) atoms. The van der Waals surface area contributed by atoms with Crippen LogP contribution in [0.2, 0.25) is 0 Å². The minimum absolute atomic E-state index is 0.360. The first-order valence-electron chi connectivity index (χ1n) is 12.9. The normalized spacial score (nSPS) is 16.8. The Morgan fingerprint density at radius 2 is 1.27 bits per heavy atom. The van der Waals surface area contributed by atoms with Crippen LogP contribution in [0.1, 0.15) is 23.1 Å². The fourth-order valence-electron chi connectivity index (χ4n) is 6.27. The number of hydrogen-bond donors (Lipinski definition) is 2. The minimum atomic E-state index is -0.360. The summed E-state index contributed by atoms with van der Waals surface area (Å²) in [5.41, 5.74) is 13.5. The lowest BCUT2D eigenvalue weighted by Gasteiger charge is -2.37. The van der Waals surface area contributed by atoms with E-state index in [-0.39, 0.29) is 5.54 Å². The summed E-state index contributed by atoms with van der Waals surface area (Å²) in [4.78, 5) is 0. The van der Waals surface area contributed by atoms with Gasteiger partial charge in [-0.2, -0.15) is 0 Å². The molecule has 1 unspecified atom stereocenters. The molecule has 182 valence electrons. The summed E-state index contributed by atoms with van der Waals surface area (Å²) in [7, 11) is 1.00. The van der Waals surface area contributed by atoms with Crippen molar-refractivity contribution in [3.05, 3.63) is 132 Å². The molecule has 0 amide bonds. The van der Waals surface area contributed by atoms with Crippen LogP contribution in [0.5, 0.6) is 0 Å². The first-order valence-corrected chi connectivity index (χ1v) is 12.9. The Labute approximate surface area is 218 Å². The lowest BCUT2D eigenvalue weighted by atomic mass is 9.72. The van der Waals surface area contributed by atoms with E-state index in [0.717, 1.165) is 26.4 Å². The van der Waals surface area contributed by atoms with Gasteiger partial charge >= 0.3 is 0 Å². The van der Waals surface area contributed by atoms with Crippen LogP contribution in [0.25, 0.3) is 43.4 Å². The van der Waals surface area contributed by atoms with Crippen LogP contribution < -0.4 is 5.73 Å². The predicted octanol–water partition coefficient (Wildman–Crippen LogP) is 7.76. The second-order valence-corrected chi connectivity index (χ2v) is 9.99. The van der Waals surface area contributed by atoms with Gasteiger partial charge in [0.25, 0.3) is 0 Å². The Morgan fingerprint density at radius 1 is 0.622 bits per heavy atom. The summed E-state index contributed by atoms with van der Waals surface area (Å²) < 4.78 is 0. The van der Waals surface area contributed by atoms with Gasteiger partial charge in [0, 0.05) is 12.6 Å². The van der Waals surface area contributed by atoms with E-state index < -0.39 is 0 Å². The fourth-order valence-corrected chi connectivity index (χ4v) is 6.27. The van der Waals surface area contributed by atoms with Crippen molar-refractivity contribution in [1.82, 2.24) is 0 Å². The van der Waals surface area contributed by atoms with E-state index in [0.29, 0.717) is 0 Å². The summed E-state index contributed by atoms with van der Waals surface area (Å²) >= 11 is 0. The summed E-state index contributed by atoms with van der Waals surface area (Å²) in [5.74, 6) is 0. The first-order chi connectivity index (χ1) is 18.2. The molecule has 0 aliphatic heterocycles. The molecule has 2 heteroatoms. The Balaban J connectivity index is 0.00000123. The van der Waals surface area contributed by atoms with Crippen LogP contribution in [-0.4, -0.2) is 12.2 Å². The number of aliphatic hydroxyl groups excluding tert-OH is 1. The molecule has 0 spiro atoms. The van der Waals surface area contributed by atoms with Gasteiger partial charge in [0.15, 0.2) is 0 Å². The third-order valence-electron chi connectivity index (χ3n) is 7.99. The summed E-state index contributed by atoms with van der Waals surface area (Å²) in [5, 5.41) is 14.9. The molecule has 0 fully saturated rings.